The van der Waals surface area contributed by atoms with Crippen LogP contribution in [-0.4, -0.2) is 34.7 Å². The summed E-state index contributed by atoms with van der Waals surface area (Å²) in [5, 5.41) is 13.5. The molecule has 8 heteroatoms. The highest BCUT2D eigenvalue weighted by molar-refractivity contribution is 7.13. The molecule has 0 spiro atoms. The van der Waals surface area contributed by atoms with E-state index in [9.17, 15) is 19.2 Å². The molecule has 0 aliphatic carbocycles. The molecule has 30 heavy (non-hydrogen) atoms. The minimum atomic E-state index is -1.06. The Hall–Kier alpha value is -3.00. The van der Waals surface area contributed by atoms with Crippen molar-refractivity contribution in [1.29, 1.82) is 0 Å². The van der Waals surface area contributed by atoms with E-state index in [-0.39, 0.29) is 31.6 Å². The molecule has 1 heterocycles. The standard InChI is InChI=1S/C22H26N2O5S/c1-14(22(23)29)13-18(25)17(9-11-21(27)28)24-20(26)10-6-15-4-7-16(8-5-15)19-3-2-12-30-19/h2-5,7-8,12,14,17H,6,9-11,13H2,1H3,(H2,23,29)(H,24,26)(H,27,28)/t14-,17-/m0/s1. The number of hydrogen-bond acceptors (Lipinski definition) is 5. The molecule has 2 aromatic rings. The molecule has 1 aromatic carbocycles. The van der Waals surface area contributed by atoms with E-state index >= 15 is 0 Å². The van der Waals surface area contributed by atoms with Gasteiger partial charge in [0.1, 0.15) is 0 Å². The summed E-state index contributed by atoms with van der Waals surface area (Å²) in [6, 6.07) is 11.0. The maximum absolute atomic E-state index is 12.4. The Labute approximate surface area is 179 Å². The van der Waals surface area contributed by atoms with E-state index in [2.05, 4.69) is 5.32 Å². The lowest BCUT2D eigenvalue weighted by molar-refractivity contribution is -0.138. The van der Waals surface area contributed by atoms with Crippen LogP contribution in [0.3, 0.4) is 0 Å². The van der Waals surface area contributed by atoms with E-state index in [4.69, 9.17) is 10.8 Å². The van der Waals surface area contributed by atoms with Crippen LogP contribution in [0, 0.1) is 5.92 Å². The van der Waals surface area contributed by atoms with Crippen molar-refractivity contribution in [2.24, 2.45) is 11.7 Å². The number of benzene rings is 1. The number of rotatable bonds is 12. The molecule has 0 saturated heterocycles. The number of nitrogens with one attached hydrogen (secondary N) is 1. The fraction of sp³-hybridized carbons (Fsp3) is 0.364. The maximum Gasteiger partial charge on any atom is 0.303 e. The van der Waals surface area contributed by atoms with E-state index in [0.717, 1.165) is 11.1 Å². The molecule has 0 radical (unpaired) electrons. The number of aryl methyl sites for hydroxylation is 1. The highest BCUT2D eigenvalue weighted by Crippen LogP contribution is 2.24. The Morgan fingerprint density at radius 3 is 2.37 bits per heavy atom. The molecular formula is C22H26N2O5S. The summed E-state index contributed by atoms with van der Waals surface area (Å²) in [6.45, 7) is 1.52. The van der Waals surface area contributed by atoms with Gasteiger partial charge in [0, 0.05) is 30.1 Å². The normalized spacial score (nSPS) is 12.7. The van der Waals surface area contributed by atoms with E-state index in [1.807, 2.05) is 41.8 Å². The molecule has 2 amide bonds. The van der Waals surface area contributed by atoms with Gasteiger partial charge in [-0.3, -0.25) is 19.2 Å². The monoisotopic (exact) mass is 430 g/mol. The average molecular weight is 431 g/mol. The molecule has 160 valence electrons. The number of carbonyl (C=O) groups excluding carboxylic acids is 3. The second-order valence-electron chi connectivity index (χ2n) is 7.20. The van der Waals surface area contributed by atoms with Crippen LogP contribution in [0.25, 0.3) is 10.4 Å². The largest absolute Gasteiger partial charge is 0.481 e. The van der Waals surface area contributed by atoms with Crippen LogP contribution in [0.1, 0.15) is 38.2 Å². The molecular weight excluding hydrogens is 404 g/mol. The lowest BCUT2D eigenvalue weighted by Gasteiger charge is -2.18. The third-order valence-electron chi connectivity index (χ3n) is 4.76. The third-order valence-corrected chi connectivity index (χ3v) is 5.68. The molecule has 0 aliphatic rings. The number of hydrogen-bond donors (Lipinski definition) is 3. The van der Waals surface area contributed by atoms with Crippen LogP contribution in [0.5, 0.6) is 0 Å². The van der Waals surface area contributed by atoms with Crippen LogP contribution < -0.4 is 11.1 Å². The van der Waals surface area contributed by atoms with Gasteiger partial charge >= 0.3 is 5.97 Å². The van der Waals surface area contributed by atoms with Gasteiger partial charge in [0.15, 0.2) is 5.78 Å². The van der Waals surface area contributed by atoms with E-state index < -0.39 is 29.6 Å². The lowest BCUT2D eigenvalue weighted by Crippen LogP contribution is -2.42. The summed E-state index contributed by atoms with van der Waals surface area (Å²) >= 11 is 1.66. The van der Waals surface area contributed by atoms with Crippen LogP contribution in [-0.2, 0) is 25.6 Å². The summed E-state index contributed by atoms with van der Waals surface area (Å²) in [5.74, 6) is -3.08. The van der Waals surface area contributed by atoms with Gasteiger partial charge in [0.25, 0.3) is 0 Å². The fourth-order valence-electron chi connectivity index (χ4n) is 2.93. The number of ketones is 1. The van der Waals surface area contributed by atoms with Gasteiger partial charge in [0.05, 0.1) is 6.04 Å². The van der Waals surface area contributed by atoms with Gasteiger partial charge < -0.3 is 16.2 Å². The Bertz CT molecular complexity index is 877. The number of carboxylic acid groups (broad SMARTS) is 1. The first-order chi connectivity index (χ1) is 14.3. The Morgan fingerprint density at radius 2 is 1.80 bits per heavy atom. The number of aliphatic carboxylic acids is 1. The molecule has 0 bridgehead atoms. The summed E-state index contributed by atoms with van der Waals surface area (Å²) in [4.78, 5) is 48.0. The molecule has 7 nitrogen and oxygen atoms in total. The number of thiophene rings is 1. The zero-order valence-electron chi connectivity index (χ0n) is 16.8. The van der Waals surface area contributed by atoms with Gasteiger partial charge in [0.2, 0.25) is 11.8 Å². The minimum Gasteiger partial charge on any atom is -0.481 e. The zero-order chi connectivity index (χ0) is 22.1. The third kappa shape index (κ3) is 7.44. The number of carboxylic acids is 1. The summed E-state index contributed by atoms with van der Waals surface area (Å²) in [6.07, 6.45) is 0.242. The van der Waals surface area contributed by atoms with Gasteiger partial charge in [-0.25, -0.2) is 0 Å². The Kier molecular flexibility index (Phi) is 8.73. The lowest BCUT2D eigenvalue weighted by atomic mass is 9.96. The molecule has 2 atom stereocenters. The number of amides is 2. The van der Waals surface area contributed by atoms with Gasteiger partial charge in [-0.05, 0) is 35.4 Å². The Balaban J connectivity index is 1.91. The second kappa shape index (κ2) is 11.3. The first kappa shape index (κ1) is 23.3. The number of carbonyl (C=O) groups is 4. The van der Waals surface area contributed by atoms with Crippen LogP contribution in [0.15, 0.2) is 41.8 Å². The van der Waals surface area contributed by atoms with Crippen molar-refractivity contribution < 1.29 is 24.3 Å². The van der Waals surface area contributed by atoms with Gasteiger partial charge in [-0.15, -0.1) is 11.3 Å². The molecule has 1 aromatic heterocycles. The Morgan fingerprint density at radius 1 is 1.10 bits per heavy atom. The van der Waals surface area contributed by atoms with Gasteiger partial charge in [-0.1, -0.05) is 37.3 Å². The summed E-state index contributed by atoms with van der Waals surface area (Å²) < 4.78 is 0. The minimum absolute atomic E-state index is 0.0269. The van der Waals surface area contributed by atoms with Crippen LogP contribution in [0.2, 0.25) is 0 Å². The molecule has 4 N–H and O–H groups in total. The quantitative estimate of drug-likeness (QED) is 0.477. The van der Waals surface area contributed by atoms with Crippen molar-refractivity contribution in [3.05, 3.63) is 47.3 Å². The van der Waals surface area contributed by atoms with Crippen molar-refractivity contribution in [2.45, 2.75) is 45.1 Å². The predicted molar refractivity (Wildman–Crippen MR) is 115 cm³/mol. The molecule has 0 fully saturated rings. The average Bonchev–Trinajstić information content (AvgIpc) is 3.24. The van der Waals surface area contributed by atoms with E-state index in [0.29, 0.717) is 6.42 Å². The van der Waals surface area contributed by atoms with Crippen molar-refractivity contribution in [1.82, 2.24) is 5.32 Å². The first-order valence-corrected chi connectivity index (χ1v) is 10.6. The van der Waals surface area contributed by atoms with Crippen molar-refractivity contribution >= 4 is 34.9 Å². The van der Waals surface area contributed by atoms with Crippen molar-refractivity contribution in [3.8, 4) is 10.4 Å². The smallest absolute Gasteiger partial charge is 0.303 e. The van der Waals surface area contributed by atoms with Crippen molar-refractivity contribution in [3.63, 3.8) is 0 Å². The highest BCUT2D eigenvalue weighted by Gasteiger charge is 2.24. The van der Waals surface area contributed by atoms with E-state index in [1.165, 1.54) is 11.8 Å². The second-order valence-corrected chi connectivity index (χ2v) is 8.15. The zero-order valence-corrected chi connectivity index (χ0v) is 17.6. The summed E-state index contributed by atoms with van der Waals surface area (Å²) in [5.41, 5.74) is 7.29. The van der Waals surface area contributed by atoms with Crippen molar-refractivity contribution in [2.75, 3.05) is 0 Å². The predicted octanol–water partition coefficient (Wildman–Crippen LogP) is 2.78. The van der Waals surface area contributed by atoms with E-state index in [1.54, 1.807) is 11.3 Å². The number of nitrogens with two attached hydrogens (primary N) is 1. The van der Waals surface area contributed by atoms with Crippen LogP contribution in [0.4, 0.5) is 0 Å². The maximum atomic E-state index is 12.4. The number of primary amides is 1. The molecule has 0 aliphatic heterocycles. The first-order valence-electron chi connectivity index (χ1n) is 9.72. The topological polar surface area (TPSA) is 127 Å². The molecule has 2 rings (SSSR count). The summed E-state index contributed by atoms with van der Waals surface area (Å²) in [7, 11) is 0. The molecule has 0 unspecified atom stereocenters. The highest BCUT2D eigenvalue weighted by atomic mass is 32.1. The molecule has 0 saturated carbocycles. The van der Waals surface area contributed by atoms with Crippen LogP contribution >= 0.6 is 11.3 Å². The fourth-order valence-corrected chi connectivity index (χ4v) is 3.66. The number of Topliss-reactive ketones (excluding diaryl/α,β-unsaturated/α-hetero) is 1. The SMILES string of the molecule is C[C@@H](CC(=O)[C@H](CCC(=O)O)NC(=O)CCc1ccc(-c2cccs2)cc1)C(N)=O. The van der Waals surface area contributed by atoms with Gasteiger partial charge in [-0.2, -0.15) is 0 Å².